The minimum absolute atomic E-state index is 0.220. The number of rotatable bonds is 4. The highest BCUT2D eigenvalue weighted by atomic mass is 35.5. The number of amides is 2. The summed E-state index contributed by atoms with van der Waals surface area (Å²) in [4.78, 5) is 23.6. The molecule has 0 radical (unpaired) electrons. The fourth-order valence-corrected chi connectivity index (χ4v) is 1.79. The van der Waals surface area contributed by atoms with Crippen molar-refractivity contribution in [3.63, 3.8) is 0 Å². The van der Waals surface area contributed by atoms with Crippen LogP contribution in [0.1, 0.15) is 17.3 Å². The molecule has 0 aliphatic rings. The van der Waals surface area contributed by atoms with Crippen LogP contribution in [-0.2, 0) is 4.79 Å². The van der Waals surface area contributed by atoms with Crippen molar-refractivity contribution in [3.05, 3.63) is 64.9 Å². The first-order valence-corrected chi connectivity index (χ1v) is 7.11. The lowest BCUT2D eigenvalue weighted by atomic mass is 10.2. The van der Waals surface area contributed by atoms with Crippen molar-refractivity contribution in [1.82, 2.24) is 10.9 Å². The number of carbonyl (C=O) groups is 2. The van der Waals surface area contributed by atoms with Crippen molar-refractivity contribution in [2.45, 2.75) is 13.0 Å². The van der Waals surface area contributed by atoms with Crippen molar-refractivity contribution in [2.24, 2.45) is 0 Å². The van der Waals surface area contributed by atoms with Gasteiger partial charge < -0.3 is 4.74 Å². The van der Waals surface area contributed by atoms with Gasteiger partial charge >= 0.3 is 0 Å². The predicted octanol–water partition coefficient (Wildman–Crippen LogP) is 2.71. The van der Waals surface area contributed by atoms with E-state index in [9.17, 15) is 14.0 Å². The molecule has 0 saturated carbocycles. The Balaban J connectivity index is 1.84. The largest absolute Gasteiger partial charge is 0.481 e. The summed E-state index contributed by atoms with van der Waals surface area (Å²) in [5, 5.41) is 0.556. The van der Waals surface area contributed by atoms with Crippen LogP contribution in [-0.4, -0.2) is 17.9 Å². The Morgan fingerprint density at radius 3 is 2.26 bits per heavy atom. The third-order valence-corrected chi connectivity index (χ3v) is 3.15. The van der Waals surface area contributed by atoms with E-state index in [0.29, 0.717) is 10.8 Å². The van der Waals surface area contributed by atoms with Crippen molar-refractivity contribution >= 4 is 23.4 Å². The van der Waals surface area contributed by atoms with Gasteiger partial charge in [-0.2, -0.15) is 0 Å². The first-order chi connectivity index (χ1) is 11.0. The maximum absolute atomic E-state index is 12.8. The van der Waals surface area contributed by atoms with E-state index in [2.05, 4.69) is 10.9 Å². The molecule has 2 rings (SSSR count). The minimum atomic E-state index is -0.829. The molecule has 0 heterocycles. The van der Waals surface area contributed by atoms with Crippen LogP contribution < -0.4 is 15.6 Å². The van der Waals surface area contributed by atoms with Gasteiger partial charge in [0.2, 0.25) is 0 Å². The second-order valence-corrected chi connectivity index (χ2v) is 5.10. The molecule has 0 aromatic heterocycles. The Morgan fingerprint density at radius 2 is 1.65 bits per heavy atom. The summed E-state index contributed by atoms with van der Waals surface area (Å²) in [6.45, 7) is 1.54. The third-order valence-electron chi connectivity index (χ3n) is 2.90. The van der Waals surface area contributed by atoms with E-state index >= 15 is 0 Å². The Hall–Kier alpha value is -2.60. The molecule has 23 heavy (non-hydrogen) atoms. The van der Waals surface area contributed by atoms with Gasteiger partial charge in [-0.3, -0.25) is 20.4 Å². The van der Waals surface area contributed by atoms with E-state index in [1.165, 1.54) is 19.1 Å². The topological polar surface area (TPSA) is 67.4 Å². The van der Waals surface area contributed by atoms with E-state index in [-0.39, 0.29) is 5.56 Å². The summed E-state index contributed by atoms with van der Waals surface area (Å²) in [5.41, 5.74) is 4.70. The van der Waals surface area contributed by atoms with Crippen molar-refractivity contribution in [3.8, 4) is 5.75 Å². The van der Waals surface area contributed by atoms with Gasteiger partial charge in [-0.15, -0.1) is 0 Å². The number of hydrogen-bond acceptors (Lipinski definition) is 3. The van der Waals surface area contributed by atoms with Crippen LogP contribution in [0, 0.1) is 5.82 Å². The number of benzene rings is 2. The molecule has 0 fully saturated rings. The Kier molecular flexibility index (Phi) is 5.54. The second-order valence-electron chi connectivity index (χ2n) is 4.66. The summed E-state index contributed by atoms with van der Waals surface area (Å²) in [5.74, 6) is -1.06. The lowest BCUT2D eigenvalue weighted by molar-refractivity contribution is -0.128. The molecule has 5 nitrogen and oxygen atoms in total. The van der Waals surface area contributed by atoms with Gasteiger partial charge in [0.15, 0.2) is 6.10 Å². The number of nitrogens with one attached hydrogen (secondary N) is 2. The smallest absolute Gasteiger partial charge is 0.279 e. The standard InChI is InChI=1S/C16H14ClFN2O3/c1-10(23-14-8-4-12(17)5-9-14)15(21)19-20-16(22)11-2-6-13(18)7-3-11/h2-10H,1H3,(H,19,21)(H,20,22). The van der Waals surface area contributed by atoms with Crippen LogP contribution in [0.3, 0.4) is 0 Å². The molecule has 2 N–H and O–H groups in total. The number of hydrazine groups is 1. The van der Waals surface area contributed by atoms with Crippen molar-refractivity contribution < 1.29 is 18.7 Å². The van der Waals surface area contributed by atoms with Gasteiger partial charge in [0.1, 0.15) is 11.6 Å². The van der Waals surface area contributed by atoms with E-state index in [1.54, 1.807) is 24.3 Å². The van der Waals surface area contributed by atoms with Crippen LogP contribution in [0.4, 0.5) is 4.39 Å². The summed E-state index contributed by atoms with van der Waals surface area (Å²) in [7, 11) is 0. The summed E-state index contributed by atoms with van der Waals surface area (Å²) >= 11 is 5.76. The molecule has 0 spiro atoms. The molecule has 120 valence electrons. The molecule has 0 aliphatic carbocycles. The fraction of sp³-hybridized carbons (Fsp3) is 0.125. The summed E-state index contributed by atoms with van der Waals surface area (Å²) in [6, 6.07) is 11.5. The second kappa shape index (κ2) is 7.60. The molecule has 1 atom stereocenters. The SMILES string of the molecule is CC(Oc1ccc(Cl)cc1)C(=O)NNC(=O)c1ccc(F)cc1. The number of carbonyl (C=O) groups excluding carboxylic acids is 2. The molecule has 2 aromatic rings. The van der Waals surface area contributed by atoms with Crippen LogP contribution in [0.5, 0.6) is 5.75 Å². The Bertz CT molecular complexity index is 689. The molecule has 2 amide bonds. The molecule has 2 aromatic carbocycles. The zero-order chi connectivity index (χ0) is 16.8. The number of halogens is 2. The average molecular weight is 337 g/mol. The van der Waals surface area contributed by atoms with Gasteiger partial charge in [-0.05, 0) is 55.5 Å². The molecule has 0 bridgehead atoms. The highest BCUT2D eigenvalue weighted by Gasteiger charge is 2.15. The van der Waals surface area contributed by atoms with Crippen LogP contribution in [0.2, 0.25) is 5.02 Å². The molecule has 7 heteroatoms. The lowest BCUT2D eigenvalue weighted by Crippen LogP contribution is -2.47. The lowest BCUT2D eigenvalue weighted by Gasteiger charge is -2.15. The predicted molar refractivity (Wildman–Crippen MR) is 83.6 cm³/mol. The highest BCUT2D eigenvalue weighted by Crippen LogP contribution is 2.16. The first-order valence-electron chi connectivity index (χ1n) is 6.73. The summed E-state index contributed by atoms with van der Waals surface area (Å²) < 4.78 is 18.2. The van der Waals surface area contributed by atoms with Gasteiger partial charge in [0.25, 0.3) is 11.8 Å². The van der Waals surface area contributed by atoms with Crippen molar-refractivity contribution in [1.29, 1.82) is 0 Å². The molecule has 1 unspecified atom stereocenters. The van der Waals surface area contributed by atoms with Crippen LogP contribution >= 0.6 is 11.6 Å². The Morgan fingerprint density at radius 1 is 1.04 bits per heavy atom. The van der Waals surface area contributed by atoms with E-state index in [1.807, 2.05) is 0 Å². The molecular formula is C16H14ClFN2O3. The zero-order valence-electron chi connectivity index (χ0n) is 12.2. The molecule has 0 saturated heterocycles. The van der Waals surface area contributed by atoms with Crippen LogP contribution in [0.25, 0.3) is 0 Å². The van der Waals surface area contributed by atoms with Gasteiger partial charge in [0.05, 0.1) is 0 Å². The quantitative estimate of drug-likeness (QED) is 0.844. The molecule has 0 aliphatic heterocycles. The summed E-state index contributed by atoms with van der Waals surface area (Å²) in [6.07, 6.45) is -0.829. The van der Waals surface area contributed by atoms with Gasteiger partial charge in [-0.25, -0.2) is 4.39 Å². The fourth-order valence-electron chi connectivity index (χ4n) is 1.66. The van der Waals surface area contributed by atoms with Crippen molar-refractivity contribution in [2.75, 3.05) is 0 Å². The maximum Gasteiger partial charge on any atom is 0.279 e. The van der Waals surface area contributed by atoms with E-state index in [4.69, 9.17) is 16.3 Å². The minimum Gasteiger partial charge on any atom is -0.481 e. The number of hydrogen-bond donors (Lipinski definition) is 2. The molecular weight excluding hydrogens is 323 g/mol. The monoisotopic (exact) mass is 336 g/mol. The zero-order valence-corrected chi connectivity index (χ0v) is 12.9. The maximum atomic E-state index is 12.8. The highest BCUT2D eigenvalue weighted by molar-refractivity contribution is 6.30. The van der Waals surface area contributed by atoms with Crippen LogP contribution in [0.15, 0.2) is 48.5 Å². The van der Waals surface area contributed by atoms with E-state index < -0.39 is 23.7 Å². The van der Waals surface area contributed by atoms with E-state index in [0.717, 1.165) is 12.1 Å². The normalized spacial score (nSPS) is 11.4. The van der Waals surface area contributed by atoms with Gasteiger partial charge in [0, 0.05) is 10.6 Å². The third kappa shape index (κ3) is 4.96. The average Bonchev–Trinajstić information content (AvgIpc) is 2.55. The van der Waals surface area contributed by atoms with Gasteiger partial charge in [-0.1, -0.05) is 11.6 Å². The first kappa shape index (κ1) is 16.8. The Labute approximate surface area is 137 Å². The number of ether oxygens (including phenoxy) is 1.